The normalized spacial score (nSPS) is 23.9. The molecule has 0 saturated carbocycles. The van der Waals surface area contributed by atoms with E-state index >= 15 is 0 Å². The van der Waals surface area contributed by atoms with Crippen LogP contribution in [0.1, 0.15) is 25.3 Å². The van der Waals surface area contributed by atoms with Crippen LogP contribution < -0.4 is 0 Å². The summed E-state index contributed by atoms with van der Waals surface area (Å²) >= 11 is 0. The molecule has 1 aliphatic carbocycles. The number of ether oxygens (including phenoxy) is 2. The summed E-state index contributed by atoms with van der Waals surface area (Å²) in [6, 6.07) is 2.59. The van der Waals surface area contributed by atoms with Gasteiger partial charge in [-0.25, -0.2) is 0 Å². The molecule has 23 heavy (non-hydrogen) atoms. The van der Waals surface area contributed by atoms with Crippen LogP contribution in [-0.2, 0) is 4.74 Å². The SMILES string of the molecule is COC1=C(O)CC(C2CC(=[OH+])c3c(O)cc(O)cc3[OH+]2)C(C)=C1. The van der Waals surface area contributed by atoms with Crippen LogP contribution in [0.15, 0.2) is 35.3 Å². The lowest BCUT2D eigenvalue weighted by atomic mass is 9.82. The molecule has 122 valence electrons. The van der Waals surface area contributed by atoms with Crippen LogP contribution in [0.25, 0.3) is 0 Å². The van der Waals surface area contributed by atoms with Crippen molar-refractivity contribution in [2.75, 3.05) is 7.11 Å². The molecule has 0 bridgehead atoms. The number of carbonyl (C=O) groups excluding carboxylic acids is 1. The van der Waals surface area contributed by atoms with Gasteiger partial charge >= 0.3 is 5.78 Å². The highest BCUT2D eigenvalue weighted by molar-refractivity contribution is 6.03. The Kier molecular flexibility index (Phi) is 3.67. The Balaban J connectivity index is 1.91. The average Bonchev–Trinajstić information content (AvgIpc) is 2.47. The number of phenols is 2. The number of benzene rings is 1. The highest BCUT2D eigenvalue weighted by Gasteiger charge is 2.44. The molecule has 1 heterocycles. The van der Waals surface area contributed by atoms with E-state index in [0.717, 1.165) is 5.57 Å². The summed E-state index contributed by atoms with van der Waals surface area (Å²) in [5, 5.41) is 29.6. The number of hydrogen-bond donors (Lipinski definition) is 3. The Hall–Kier alpha value is -2.63. The second kappa shape index (κ2) is 5.53. The number of allylic oxidation sites excluding steroid dienone is 2. The quantitative estimate of drug-likeness (QED) is 0.728. The van der Waals surface area contributed by atoms with Gasteiger partial charge < -0.3 is 24.8 Å². The molecule has 0 fully saturated rings. The van der Waals surface area contributed by atoms with E-state index in [4.69, 9.17) is 4.74 Å². The third-order valence-electron chi connectivity index (χ3n) is 4.40. The molecule has 0 aromatic heterocycles. The number of methoxy groups -OCH3 is 1. The first-order valence-electron chi connectivity index (χ1n) is 7.37. The maximum Gasteiger partial charge on any atom is 0.345 e. The minimum Gasteiger partial charge on any atom is -0.579 e. The number of aromatic hydroxyl groups is 3. The first kappa shape index (κ1) is 15.3. The second-order valence-electron chi connectivity index (χ2n) is 5.92. The molecule has 1 aromatic carbocycles. The van der Waals surface area contributed by atoms with E-state index in [9.17, 15) is 20.1 Å². The summed E-state index contributed by atoms with van der Waals surface area (Å²) in [6.07, 6.45) is 2.11. The van der Waals surface area contributed by atoms with E-state index in [1.54, 1.807) is 6.08 Å². The fourth-order valence-electron chi connectivity index (χ4n) is 3.23. The lowest BCUT2D eigenvalue weighted by molar-refractivity contribution is -0.0463. The molecular weight excluding hydrogens is 300 g/mol. The number of ketones is 1. The molecule has 2 unspecified atom stereocenters. The lowest BCUT2D eigenvalue weighted by Gasteiger charge is -2.30. The van der Waals surface area contributed by atoms with Crippen molar-refractivity contribution in [1.29, 1.82) is 0 Å². The first-order valence-corrected chi connectivity index (χ1v) is 7.37. The number of aliphatic hydroxyl groups is 2. The summed E-state index contributed by atoms with van der Waals surface area (Å²) in [5.41, 5.74) is 1.25. The second-order valence-corrected chi connectivity index (χ2v) is 5.92. The Bertz CT molecular complexity index is 731. The fraction of sp³-hybridized carbons (Fsp3) is 0.353. The Morgan fingerprint density at radius 2 is 1.96 bits per heavy atom. The third-order valence-corrected chi connectivity index (χ3v) is 4.40. The molecule has 2 atom stereocenters. The highest BCUT2D eigenvalue weighted by atomic mass is 16.5. The lowest BCUT2D eigenvalue weighted by Crippen LogP contribution is -2.34. The monoisotopic (exact) mass is 320 g/mol. The zero-order chi connectivity index (χ0) is 16.7. The predicted molar refractivity (Wildman–Crippen MR) is 84.4 cm³/mol. The average molecular weight is 320 g/mol. The molecule has 1 aliphatic heterocycles. The number of phenolic OH excluding ortho intramolecular Hbond substituents is 2. The maximum atomic E-state index is 10.3. The van der Waals surface area contributed by atoms with Gasteiger partial charge in [0.25, 0.3) is 5.75 Å². The smallest absolute Gasteiger partial charge is 0.345 e. The van der Waals surface area contributed by atoms with Gasteiger partial charge in [-0.3, -0.25) is 4.79 Å². The molecule has 0 radical (unpaired) electrons. The number of hydrogen-bond acceptors (Lipinski definition) is 4. The van der Waals surface area contributed by atoms with Crippen molar-refractivity contribution in [2.45, 2.75) is 25.9 Å². The minimum atomic E-state index is -0.291. The van der Waals surface area contributed by atoms with Crippen molar-refractivity contribution < 1.29 is 29.6 Å². The van der Waals surface area contributed by atoms with Crippen LogP contribution in [0.4, 0.5) is 0 Å². The van der Waals surface area contributed by atoms with Crippen LogP contribution in [0, 0.1) is 5.92 Å². The molecule has 1 aromatic rings. The number of fused-ring (bicyclic) bond motifs is 1. The van der Waals surface area contributed by atoms with Gasteiger partial charge in [0.15, 0.2) is 5.76 Å². The molecule has 5 N–H and O–H groups in total. The molecule has 2 aliphatic rings. The van der Waals surface area contributed by atoms with Gasteiger partial charge in [-0.2, -0.15) is 0 Å². The molecule has 6 heteroatoms. The maximum absolute atomic E-state index is 10.3. The van der Waals surface area contributed by atoms with Gasteiger partial charge in [0.05, 0.1) is 19.1 Å². The van der Waals surface area contributed by atoms with Crippen LogP contribution in [0.5, 0.6) is 17.2 Å². The topological polar surface area (TPSA) is 104 Å². The van der Waals surface area contributed by atoms with E-state index < -0.39 is 0 Å². The van der Waals surface area contributed by atoms with E-state index in [1.165, 1.54) is 19.2 Å². The Labute approximate surface area is 133 Å². The zero-order valence-corrected chi connectivity index (χ0v) is 12.9. The highest BCUT2D eigenvalue weighted by Crippen LogP contribution is 2.42. The Morgan fingerprint density at radius 3 is 2.65 bits per heavy atom. The third kappa shape index (κ3) is 2.60. The van der Waals surface area contributed by atoms with Crippen molar-refractivity contribution >= 4 is 5.78 Å². The van der Waals surface area contributed by atoms with Gasteiger partial charge in [-0.15, -0.1) is 0 Å². The molecular formula is C17H20O6+2. The minimum absolute atomic E-state index is 0.0336. The van der Waals surface area contributed by atoms with E-state index in [2.05, 4.69) is 4.74 Å². The van der Waals surface area contributed by atoms with Crippen molar-refractivity contribution in [3.63, 3.8) is 0 Å². The number of rotatable bonds is 2. The summed E-state index contributed by atoms with van der Waals surface area (Å²) in [6.45, 7) is 1.93. The van der Waals surface area contributed by atoms with Crippen molar-refractivity contribution in [1.82, 2.24) is 0 Å². The van der Waals surface area contributed by atoms with E-state index in [-0.39, 0.29) is 47.0 Å². The van der Waals surface area contributed by atoms with Gasteiger partial charge in [-0.05, 0) is 13.0 Å². The van der Waals surface area contributed by atoms with Gasteiger partial charge in [0.2, 0.25) is 11.7 Å². The first-order chi connectivity index (χ1) is 10.9. The Morgan fingerprint density at radius 1 is 1.22 bits per heavy atom. The summed E-state index contributed by atoms with van der Waals surface area (Å²) in [5.74, 6) is 0.588. The van der Waals surface area contributed by atoms with E-state index in [0.29, 0.717) is 17.9 Å². The number of aliphatic hydroxyl groups excluding tert-OH is 1. The molecule has 3 rings (SSSR count). The van der Waals surface area contributed by atoms with Crippen LogP contribution >= 0.6 is 0 Å². The fourth-order valence-corrected chi connectivity index (χ4v) is 3.23. The molecule has 6 nitrogen and oxygen atoms in total. The van der Waals surface area contributed by atoms with Gasteiger partial charge in [-0.1, -0.05) is 5.57 Å². The van der Waals surface area contributed by atoms with Gasteiger partial charge in [0, 0.05) is 12.5 Å². The summed E-state index contributed by atoms with van der Waals surface area (Å²) in [4.78, 5) is 10.3. The molecule has 0 amide bonds. The zero-order valence-electron chi connectivity index (χ0n) is 12.9. The van der Waals surface area contributed by atoms with Crippen LogP contribution in [0.3, 0.4) is 0 Å². The molecule has 0 spiro atoms. The largest absolute Gasteiger partial charge is 0.579 e. The standard InChI is InChI=1S/C17H18O6/c1-8-3-15(22-2)11(19)6-10(8)14-7-13(21)17-12(20)4-9(18)5-16(17)23-14/h3-5,10,14,18-20H,6-7H2,1-2H3/p+2. The van der Waals surface area contributed by atoms with Crippen LogP contribution in [-0.4, -0.2) is 43.8 Å². The van der Waals surface area contributed by atoms with E-state index in [1.807, 2.05) is 6.92 Å². The molecule has 0 saturated heterocycles. The van der Waals surface area contributed by atoms with Gasteiger partial charge in [0.1, 0.15) is 23.7 Å². The predicted octanol–water partition coefficient (Wildman–Crippen LogP) is 2.39. The van der Waals surface area contributed by atoms with Crippen molar-refractivity contribution in [3.05, 3.63) is 40.9 Å². The van der Waals surface area contributed by atoms with Crippen LogP contribution in [0.2, 0.25) is 0 Å². The summed E-state index contributed by atoms with van der Waals surface area (Å²) < 4.78 is 9.68. The van der Waals surface area contributed by atoms with Crippen molar-refractivity contribution in [3.8, 4) is 17.2 Å². The summed E-state index contributed by atoms with van der Waals surface area (Å²) in [7, 11) is 1.50. The van der Waals surface area contributed by atoms with Crippen molar-refractivity contribution in [2.24, 2.45) is 5.92 Å².